The summed E-state index contributed by atoms with van der Waals surface area (Å²) in [5.41, 5.74) is 1.23. The number of ether oxygens (including phenoxy) is 2. The lowest BCUT2D eigenvalue weighted by Gasteiger charge is -2.23. The molecule has 0 spiro atoms. The Kier molecular flexibility index (Phi) is 7.83. The molecule has 1 unspecified atom stereocenters. The van der Waals surface area contributed by atoms with Crippen molar-refractivity contribution in [2.75, 3.05) is 18.1 Å². The molecule has 1 aromatic heterocycles. The average molecular weight is 519 g/mol. The van der Waals surface area contributed by atoms with Crippen LogP contribution < -0.4 is 9.64 Å². The molecule has 37 heavy (non-hydrogen) atoms. The molecule has 0 aliphatic carbocycles. The fourth-order valence-corrected chi connectivity index (χ4v) is 4.95. The van der Waals surface area contributed by atoms with Crippen molar-refractivity contribution in [2.24, 2.45) is 0 Å². The normalized spacial score (nSPS) is 16.6. The smallest absolute Gasteiger partial charge is 0.350 e. The Balaban J connectivity index is 1.87. The number of anilines is 1. The van der Waals surface area contributed by atoms with Crippen molar-refractivity contribution in [2.45, 2.75) is 26.3 Å². The summed E-state index contributed by atoms with van der Waals surface area (Å²) < 4.78 is 10.9. The maximum absolute atomic E-state index is 13.4. The Labute approximate surface area is 218 Å². The zero-order valence-electron chi connectivity index (χ0n) is 20.5. The average Bonchev–Trinajstić information content (AvgIpc) is 3.42. The fraction of sp³-hybridized carbons (Fsp3) is 0.214. The molecule has 1 saturated heterocycles. The van der Waals surface area contributed by atoms with Crippen molar-refractivity contribution in [1.82, 2.24) is 4.98 Å². The minimum atomic E-state index is -0.993. The summed E-state index contributed by atoms with van der Waals surface area (Å²) in [4.78, 5) is 45.1. The first-order chi connectivity index (χ1) is 17.9. The van der Waals surface area contributed by atoms with E-state index in [1.807, 2.05) is 6.92 Å². The molecular weight excluding hydrogens is 492 g/mol. The number of Topliss-reactive ketones (excluding diaryl/α,β-unsaturated/α-hetero) is 1. The number of amides is 1. The lowest BCUT2D eigenvalue weighted by molar-refractivity contribution is -0.132. The highest BCUT2D eigenvalue weighted by molar-refractivity contribution is 7.17. The summed E-state index contributed by atoms with van der Waals surface area (Å²) in [6, 6.07) is 14.6. The Bertz CT molecular complexity index is 1380. The Morgan fingerprint density at radius 2 is 1.95 bits per heavy atom. The molecule has 1 N–H and O–H groups in total. The number of aliphatic hydroxyl groups is 1. The second kappa shape index (κ2) is 11.2. The third-order valence-electron chi connectivity index (χ3n) is 5.65. The largest absolute Gasteiger partial charge is 0.507 e. The highest BCUT2D eigenvalue weighted by Gasteiger charge is 2.48. The van der Waals surface area contributed by atoms with Gasteiger partial charge in [-0.05, 0) is 31.0 Å². The van der Waals surface area contributed by atoms with Crippen LogP contribution in [0.2, 0.25) is 0 Å². The molecule has 2 heterocycles. The number of thiazole rings is 1. The predicted molar refractivity (Wildman–Crippen MR) is 141 cm³/mol. The number of rotatable bonds is 9. The summed E-state index contributed by atoms with van der Waals surface area (Å²) in [6.45, 7) is 7.67. The number of esters is 1. The third-order valence-corrected chi connectivity index (χ3v) is 6.78. The van der Waals surface area contributed by atoms with Crippen molar-refractivity contribution >= 4 is 39.9 Å². The van der Waals surface area contributed by atoms with Crippen molar-refractivity contribution in [1.29, 1.82) is 0 Å². The molecule has 1 atom stereocenters. The molecule has 0 radical (unpaired) electrons. The number of ketones is 1. The topological polar surface area (TPSA) is 106 Å². The molecule has 4 rings (SSSR count). The number of aryl methyl sites for hydroxylation is 1. The first-order valence-electron chi connectivity index (χ1n) is 11.7. The molecule has 0 saturated carbocycles. The number of nitrogens with zero attached hydrogens (tertiary/aromatic N) is 2. The number of carbonyl (C=O) groups excluding carboxylic acids is 3. The van der Waals surface area contributed by atoms with Crippen molar-refractivity contribution in [3.8, 4) is 5.75 Å². The first-order valence-corrected chi connectivity index (χ1v) is 12.5. The van der Waals surface area contributed by atoms with Gasteiger partial charge in [0.05, 0.1) is 23.9 Å². The minimum Gasteiger partial charge on any atom is -0.507 e. The van der Waals surface area contributed by atoms with Gasteiger partial charge in [0.25, 0.3) is 5.78 Å². The van der Waals surface area contributed by atoms with E-state index in [4.69, 9.17) is 9.47 Å². The second-order valence-electron chi connectivity index (χ2n) is 8.25. The Hall–Kier alpha value is -4.24. The van der Waals surface area contributed by atoms with Gasteiger partial charge in [0.1, 0.15) is 23.0 Å². The number of hydrogen-bond donors (Lipinski definition) is 1. The molecule has 0 bridgehead atoms. The molecule has 1 aliphatic rings. The van der Waals surface area contributed by atoms with Gasteiger partial charge in [-0.1, -0.05) is 73.4 Å². The van der Waals surface area contributed by atoms with Gasteiger partial charge in [-0.2, -0.15) is 0 Å². The third kappa shape index (κ3) is 5.17. The van der Waals surface area contributed by atoms with E-state index >= 15 is 0 Å². The van der Waals surface area contributed by atoms with E-state index in [-0.39, 0.29) is 27.9 Å². The van der Waals surface area contributed by atoms with Crippen molar-refractivity contribution in [3.05, 3.63) is 94.5 Å². The number of hydrogen-bond acceptors (Lipinski definition) is 8. The Morgan fingerprint density at radius 1 is 1.19 bits per heavy atom. The predicted octanol–water partition coefficient (Wildman–Crippen LogP) is 5.21. The van der Waals surface area contributed by atoms with Gasteiger partial charge < -0.3 is 14.6 Å². The van der Waals surface area contributed by atoms with Gasteiger partial charge in [-0.25, -0.2) is 9.78 Å². The molecule has 3 aromatic rings. The van der Waals surface area contributed by atoms with Gasteiger partial charge in [0.2, 0.25) is 0 Å². The van der Waals surface area contributed by atoms with Crippen LogP contribution in [0.1, 0.15) is 45.9 Å². The maximum atomic E-state index is 13.4. The van der Waals surface area contributed by atoms with E-state index in [1.54, 1.807) is 61.5 Å². The van der Waals surface area contributed by atoms with Crippen LogP contribution in [0.3, 0.4) is 0 Å². The van der Waals surface area contributed by atoms with Crippen LogP contribution in [0.25, 0.3) is 5.76 Å². The molecule has 8 nitrogen and oxygen atoms in total. The van der Waals surface area contributed by atoms with E-state index in [2.05, 4.69) is 11.6 Å². The first kappa shape index (κ1) is 25.8. The number of aliphatic hydroxyl groups excluding tert-OH is 1. The van der Waals surface area contributed by atoms with Gasteiger partial charge in [-0.3, -0.25) is 14.5 Å². The van der Waals surface area contributed by atoms with Crippen LogP contribution >= 0.6 is 11.3 Å². The van der Waals surface area contributed by atoms with Crippen LogP contribution in [0.4, 0.5) is 5.13 Å². The zero-order valence-corrected chi connectivity index (χ0v) is 21.3. The molecular formula is C28H26N2O6S. The lowest BCUT2D eigenvalue weighted by Crippen LogP contribution is -2.29. The summed E-state index contributed by atoms with van der Waals surface area (Å²) in [5.74, 6) is -2.05. The highest BCUT2D eigenvalue weighted by Crippen LogP contribution is 2.44. The van der Waals surface area contributed by atoms with Crippen LogP contribution in [0, 0.1) is 6.92 Å². The minimum absolute atomic E-state index is 0.0254. The summed E-state index contributed by atoms with van der Waals surface area (Å²) in [7, 11) is 0. The molecule has 1 amide bonds. The lowest BCUT2D eigenvalue weighted by atomic mass is 9.95. The Morgan fingerprint density at radius 3 is 2.65 bits per heavy atom. The van der Waals surface area contributed by atoms with E-state index < -0.39 is 23.7 Å². The van der Waals surface area contributed by atoms with E-state index in [1.165, 1.54) is 11.0 Å². The van der Waals surface area contributed by atoms with E-state index in [9.17, 15) is 19.5 Å². The van der Waals surface area contributed by atoms with Crippen LogP contribution in [-0.4, -0.2) is 41.0 Å². The molecule has 9 heteroatoms. The van der Waals surface area contributed by atoms with E-state index in [0.29, 0.717) is 29.2 Å². The highest BCUT2D eigenvalue weighted by atomic mass is 32.1. The second-order valence-corrected chi connectivity index (χ2v) is 9.23. The quantitative estimate of drug-likeness (QED) is 0.136. The standard InChI is InChI=1S/C28H26N2O6S/c1-4-14-35-20-13-9-12-19(16-20)22-21(23(31)18-10-7-6-8-11-18)24(32)26(33)30(22)28-29-17(3)25(37-28)27(34)36-15-5-2/h5-13,16,22,31H,2,4,14-15H2,1,3H3/b23-21+. The van der Waals surface area contributed by atoms with Gasteiger partial charge in [0, 0.05) is 5.56 Å². The van der Waals surface area contributed by atoms with Crippen molar-refractivity contribution in [3.63, 3.8) is 0 Å². The zero-order chi connectivity index (χ0) is 26.5. The monoisotopic (exact) mass is 518 g/mol. The summed E-state index contributed by atoms with van der Waals surface area (Å²) in [5, 5.41) is 11.3. The molecule has 190 valence electrons. The summed E-state index contributed by atoms with van der Waals surface area (Å²) in [6.07, 6.45) is 2.25. The fourth-order valence-electron chi connectivity index (χ4n) is 3.97. The van der Waals surface area contributed by atoms with Gasteiger partial charge in [-0.15, -0.1) is 0 Å². The number of benzene rings is 2. The van der Waals surface area contributed by atoms with E-state index in [0.717, 1.165) is 17.8 Å². The number of aromatic nitrogens is 1. The molecule has 1 aliphatic heterocycles. The van der Waals surface area contributed by atoms with Gasteiger partial charge >= 0.3 is 11.9 Å². The van der Waals surface area contributed by atoms with Crippen LogP contribution in [0.5, 0.6) is 5.75 Å². The van der Waals surface area contributed by atoms with Crippen LogP contribution in [-0.2, 0) is 14.3 Å². The summed E-state index contributed by atoms with van der Waals surface area (Å²) >= 11 is 0.945. The molecule has 1 fully saturated rings. The van der Waals surface area contributed by atoms with Gasteiger partial charge in [0.15, 0.2) is 5.13 Å². The SMILES string of the molecule is C=CCOC(=O)c1sc(N2C(=O)C(=O)/C(=C(/O)c3ccccc3)C2c2cccc(OCCC)c2)nc1C. The number of carbonyl (C=O) groups is 3. The molecule has 2 aromatic carbocycles. The maximum Gasteiger partial charge on any atom is 0.350 e. The van der Waals surface area contributed by atoms with Crippen LogP contribution in [0.15, 0.2) is 72.8 Å². The van der Waals surface area contributed by atoms with Crippen molar-refractivity contribution < 1.29 is 29.0 Å².